The van der Waals surface area contributed by atoms with Gasteiger partial charge in [-0.15, -0.1) is 0 Å². The molecular weight excluding hydrogens is 438 g/mol. The van der Waals surface area contributed by atoms with Gasteiger partial charge < -0.3 is 18.9 Å². The van der Waals surface area contributed by atoms with Crippen molar-refractivity contribution in [2.75, 3.05) is 6.61 Å². The van der Waals surface area contributed by atoms with Crippen LogP contribution in [0.4, 0.5) is 5.69 Å². The third-order valence-electron chi connectivity index (χ3n) is 4.44. The smallest absolute Gasteiger partial charge is 0.303 e. The summed E-state index contributed by atoms with van der Waals surface area (Å²) in [5.41, 5.74) is 0.368. The van der Waals surface area contributed by atoms with Gasteiger partial charge in [-0.25, -0.2) is 4.98 Å². The number of nitro benzene ring substituents is 1. The monoisotopic (exact) mass is 455 g/mol. The van der Waals surface area contributed by atoms with Crippen molar-refractivity contribution in [3.05, 3.63) is 33.6 Å². The second kappa shape index (κ2) is 8.86. The van der Waals surface area contributed by atoms with E-state index in [0.29, 0.717) is 5.52 Å². The number of esters is 3. The Kier molecular flexibility index (Phi) is 6.41. The van der Waals surface area contributed by atoms with E-state index in [2.05, 4.69) is 4.98 Å². The molecule has 0 amide bonds. The molecule has 12 nitrogen and oxygen atoms in total. The molecule has 31 heavy (non-hydrogen) atoms. The van der Waals surface area contributed by atoms with Gasteiger partial charge in [-0.05, 0) is 17.7 Å². The molecule has 1 saturated heterocycles. The number of fused-ring (bicyclic) bond motifs is 1. The highest BCUT2D eigenvalue weighted by atomic mass is 35.5. The lowest BCUT2D eigenvalue weighted by molar-refractivity contribution is -0.384. The highest BCUT2D eigenvalue weighted by Gasteiger charge is 2.51. The number of non-ortho nitro benzene ring substituents is 1. The van der Waals surface area contributed by atoms with E-state index in [1.165, 1.54) is 36.6 Å². The van der Waals surface area contributed by atoms with Crippen molar-refractivity contribution >= 4 is 46.2 Å². The van der Waals surface area contributed by atoms with Crippen molar-refractivity contribution in [2.24, 2.45) is 0 Å². The maximum absolute atomic E-state index is 11.8. The zero-order chi connectivity index (χ0) is 22.9. The van der Waals surface area contributed by atoms with Gasteiger partial charge in [0.1, 0.15) is 12.7 Å². The van der Waals surface area contributed by atoms with Gasteiger partial charge in [0.15, 0.2) is 18.4 Å². The van der Waals surface area contributed by atoms with Crippen LogP contribution >= 0.6 is 11.6 Å². The van der Waals surface area contributed by atoms with Crippen LogP contribution in [0.5, 0.6) is 0 Å². The number of rotatable bonds is 6. The Labute approximate surface area is 180 Å². The minimum atomic E-state index is -1.16. The Morgan fingerprint density at radius 1 is 1.16 bits per heavy atom. The molecule has 13 heteroatoms. The fraction of sp³-hybridized carbons (Fsp3) is 0.444. The maximum Gasteiger partial charge on any atom is 0.303 e. The second-order valence-electron chi connectivity index (χ2n) is 6.70. The molecule has 0 bridgehead atoms. The van der Waals surface area contributed by atoms with E-state index in [1.54, 1.807) is 0 Å². The zero-order valence-corrected chi connectivity index (χ0v) is 17.4. The average molecular weight is 456 g/mol. The lowest BCUT2D eigenvalue weighted by Crippen LogP contribution is -2.40. The van der Waals surface area contributed by atoms with Crippen molar-refractivity contribution in [2.45, 2.75) is 45.3 Å². The zero-order valence-electron chi connectivity index (χ0n) is 16.6. The highest BCUT2D eigenvalue weighted by molar-refractivity contribution is 6.29. The minimum Gasteiger partial charge on any atom is -0.463 e. The standard InChI is InChI=1S/C18H18ClN3O9/c1-8(23)28-7-14-15(29-9(2)24)16(30-10(3)25)17(31-14)21-13-5-4-11(22(26)27)6-12(13)20-18(21)19/h4-6,14-17H,7H2,1-3H3/t14-,15-,16-,17-/m1/s1. The number of carbonyl (C=O) groups is 3. The predicted octanol–water partition coefficient (Wildman–Crippen LogP) is 1.92. The Balaban J connectivity index is 2.07. The summed E-state index contributed by atoms with van der Waals surface area (Å²) in [6, 6.07) is 3.90. The van der Waals surface area contributed by atoms with Gasteiger partial charge >= 0.3 is 17.9 Å². The summed E-state index contributed by atoms with van der Waals surface area (Å²) in [7, 11) is 0. The molecule has 1 fully saturated rings. The fourth-order valence-electron chi connectivity index (χ4n) is 3.31. The van der Waals surface area contributed by atoms with Crippen molar-refractivity contribution < 1.29 is 38.3 Å². The van der Waals surface area contributed by atoms with E-state index < -0.39 is 47.4 Å². The molecule has 0 aliphatic carbocycles. The average Bonchev–Trinajstić information content (AvgIpc) is 3.15. The topological polar surface area (TPSA) is 149 Å². The molecule has 0 unspecified atom stereocenters. The lowest BCUT2D eigenvalue weighted by Gasteiger charge is -2.24. The molecule has 3 rings (SSSR count). The number of hydrogen-bond donors (Lipinski definition) is 0. The number of halogens is 1. The second-order valence-corrected chi connectivity index (χ2v) is 7.03. The lowest BCUT2D eigenvalue weighted by atomic mass is 10.1. The molecule has 1 aliphatic rings. The molecule has 0 saturated carbocycles. The number of hydrogen-bond acceptors (Lipinski definition) is 10. The van der Waals surface area contributed by atoms with Crippen LogP contribution in [-0.2, 0) is 33.3 Å². The molecule has 2 heterocycles. The first-order chi connectivity index (χ1) is 14.6. The van der Waals surface area contributed by atoms with Crippen LogP contribution in [0.1, 0.15) is 27.0 Å². The third kappa shape index (κ3) is 4.75. The van der Waals surface area contributed by atoms with Gasteiger partial charge in [-0.1, -0.05) is 0 Å². The van der Waals surface area contributed by atoms with Gasteiger partial charge in [0, 0.05) is 32.9 Å². The number of nitro groups is 1. The Morgan fingerprint density at radius 2 is 1.81 bits per heavy atom. The molecule has 4 atom stereocenters. The van der Waals surface area contributed by atoms with Crippen LogP contribution in [0.2, 0.25) is 5.28 Å². The maximum atomic E-state index is 11.8. The minimum absolute atomic E-state index is 0.104. The summed E-state index contributed by atoms with van der Waals surface area (Å²) in [6.45, 7) is 3.25. The van der Waals surface area contributed by atoms with Crippen LogP contribution in [0, 0.1) is 10.1 Å². The largest absolute Gasteiger partial charge is 0.463 e. The van der Waals surface area contributed by atoms with Gasteiger partial charge in [-0.3, -0.25) is 29.1 Å². The highest BCUT2D eigenvalue weighted by Crippen LogP contribution is 2.38. The Hall–Kier alpha value is -3.25. The van der Waals surface area contributed by atoms with E-state index >= 15 is 0 Å². The molecule has 1 aromatic heterocycles. The molecule has 0 spiro atoms. The van der Waals surface area contributed by atoms with Crippen molar-refractivity contribution in [1.29, 1.82) is 0 Å². The quantitative estimate of drug-likeness (QED) is 0.273. The van der Waals surface area contributed by atoms with Crippen LogP contribution in [-0.4, -0.2) is 57.3 Å². The number of benzene rings is 1. The summed E-state index contributed by atoms with van der Waals surface area (Å²) >= 11 is 6.28. The van der Waals surface area contributed by atoms with E-state index in [-0.39, 0.29) is 23.1 Å². The summed E-state index contributed by atoms with van der Waals surface area (Å²) in [5.74, 6) is -1.94. The van der Waals surface area contributed by atoms with E-state index in [1.807, 2.05) is 0 Å². The van der Waals surface area contributed by atoms with Crippen LogP contribution in [0.3, 0.4) is 0 Å². The van der Waals surface area contributed by atoms with E-state index in [0.717, 1.165) is 6.92 Å². The first-order valence-electron chi connectivity index (χ1n) is 9.03. The third-order valence-corrected chi connectivity index (χ3v) is 4.70. The van der Waals surface area contributed by atoms with Crippen LogP contribution in [0.25, 0.3) is 11.0 Å². The fourth-order valence-corrected chi connectivity index (χ4v) is 3.59. The number of ether oxygens (including phenoxy) is 4. The molecule has 166 valence electrons. The van der Waals surface area contributed by atoms with Crippen molar-refractivity contribution in [1.82, 2.24) is 9.55 Å². The SMILES string of the molecule is CC(=O)OC[C@H]1O[C@@H](n2c(Cl)nc3cc([N+](=O)[O-])ccc32)[C@H](OC(C)=O)[C@@H]1OC(C)=O. The number of carbonyl (C=O) groups excluding carboxylic acids is 3. The predicted molar refractivity (Wildman–Crippen MR) is 103 cm³/mol. The molecular formula is C18H18ClN3O9. The first kappa shape index (κ1) is 22.4. The molecule has 1 aliphatic heterocycles. The van der Waals surface area contributed by atoms with Gasteiger partial charge in [0.2, 0.25) is 5.28 Å². The summed E-state index contributed by atoms with van der Waals surface area (Å²) in [5, 5.41) is 10.9. The Morgan fingerprint density at radius 3 is 2.39 bits per heavy atom. The summed E-state index contributed by atoms with van der Waals surface area (Å²) in [6.07, 6.45) is -4.37. The van der Waals surface area contributed by atoms with E-state index in [4.69, 9.17) is 30.5 Å². The molecule has 0 radical (unpaired) electrons. The number of imidazole rings is 1. The summed E-state index contributed by atoms with van der Waals surface area (Å²) in [4.78, 5) is 49.2. The Bertz CT molecular complexity index is 1050. The molecule has 0 N–H and O–H groups in total. The number of nitrogens with zero attached hydrogens (tertiary/aromatic N) is 3. The molecule has 1 aromatic carbocycles. The van der Waals surface area contributed by atoms with Gasteiger partial charge in [0.05, 0.1) is 16.0 Å². The van der Waals surface area contributed by atoms with Gasteiger partial charge in [0.25, 0.3) is 5.69 Å². The van der Waals surface area contributed by atoms with Crippen LogP contribution in [0.15, 0.2) is 18.2 Å². The summed E-state index contributed by atoms with van der Waals surface area (Å²) < 4.78 is 22.9. The molecule has 2 aromatic rings. The van der Waals surface area contributed by atoms with Gasteiger partial charge in [-0.2, -0.15) is 0 Å². The van der Waals surface area contributed by atoms with Crippen molar-refractivity contribution in [3.63, 3.8) is 0 Å². The number of aromatic nitrogens is 2. The van der Waals surface area contributed by atoms with Crippen molar-refractivity contribution in [3.8, 4) is 0 Å². The first-order valence-corrected chi connectivity index (χ1v) is 9.41. The van der Waals surface area contributed by atoms with E-state index in [9.17, 15) is 24.5 Å². The normalized spacial score (nSPS) is 22.8. The van der Waals surface area contributed by atoms with Crippen LogP contribution < -0.4 is 0 Å².